The molecular weight excluding hydrogens is 254 g/mol. The number of rotatable bonds is 4. The number of aryl methyl sites for hydroxylation is 1. The standard InChI is InChI=1S/C16H17NOS/c1-11(18)16(15-7-4-10-19-15)17-14-9-8-12-5-2-3-6-13(12)14/h2-7,10,14,16-17H,8-9H2,1H3/t14-,16-/m0/s1. The molecule has 0 unspecified atom stereocenters. The number of Topliss-reactive ketones (excluding diaryl/α,β-unsaturated/α-hetero) is 1. The van der Waals surface area contributed by atoms with E-state index in [1.54, 1.807) is 18.3 Å². The van der Waals surface area contributed by atoms with E-state index >= 15 is 0 Å². The molecule has 0 spiro atoms. The Morgan fingerprint density at radius 2 is 2.16 bits per heavy atom. The summed E-state index contributed by atoms with van der Waals surface area (Å²) in [6.07, 6.45) is 2.18. The molecule has 98 valence electrons. The van der Waals surface area contributed by atoms with E-state index in [1.165, 1.54) is 11.1 Å². The van der Waals surface area contributed by atoms with Gasteiger partial charge in [-0.05, 0) is 42.3 Å². The summed E-state index contributed by atoms with van der Waals surface area (Å²) in [4.78, 5) is 13.0. The van der Waals surface area contributed by atoms with E-state index < -0.39 is 0 Å². The largest absolute Gasteiger partial charge is 0.298 e. The molecule has 1 aromatic carbocycles. The van der Waals surface area contributed by atoms with Crippen LogP contribution in [0.4, 0.5) is 0 Å². The highest BCUT2D eigenvalue weighted by molar-refractivity contribution is 7.10. The molecule has 0 fully saturated rings. The van der Waals surface area contributed by atoms with Gasteiger partial charge in [-0.2, -0.15) is 0 Å². The fraction of sp³-hybridized carbons (Fsp3) is 0.312. The number of thiophene rings is 1. The third-order valence-electron chi connectivity index (χ3n) is 3.73. The molecule has 1 aliphatic rings. The molecule has 0 amide bonds. The topological polar surface area (TPSA) is 29.1 Å². The first-order chi connectivity index (χ1) is 9.25. The lowest BCUT2D eigenvalue weighted by Gasteiger charge is -2.20. The molecule has 1 N–H and O–H groups in total. The minimum atomic E-state index is -0.170. The van der Waals surface area contributed by atoms with E-state index in [-0.39, 0.29) is 11.8 Å². The third-order valence-corrected chi connectivity index (χ3v) is 4.67. The van der Waals surface area contributed by atoms with Gasteiger partial charge in [0, 0.05) is 10.9 Å². The lowest BCUT2D eigenvalue weighted by molar-refractivity contribution is -0.119. The van der Waals surface area contributed by atoms with E-state index in [2.05, 4.69) is 29.6 Å². The lowest BCUT2D eigenvalue weighted by atomic mass is 10.1. The van der Waals surface area contributed by atoms with Gasteiger partial charge in [0.05, 0.1) is 0 Å². The minimum absolute atomic E-state index is 0.170. The van der Waals surface area contributed by atoms with Crippen molar-refractivity contribution in [2.45, 2.75) is 31.8 Å². The average Bonchev–Trinajstić information content (AvgIpc) is 3.05. The molecule has 0 saturated heterocycles. The zero-order chi connectivity index (χ0) is 13.2. The molecule has 1 heterocycles. The Morgan fingerprint density at radius 1 is 1.32 bits per heavy atom. The first-order valence-electron chi connectivity index (χ1n) is 6.63. The van der Waals surface area contributed by atoms with Gasteiger partial charge in [-0.15, -0.1) is 11.3 Å². The second kappa shape index (κ2) is 5.27. The fourth-order valence-corrected chi connectivity index (χ4v) is 3.63. The number of ketones is 1. The molecule has 1 aliphatic carbocycles. The highest BCUT2D eigenvalue weighted by Gasteiger charge is 2.27. The highest BCUT2D eigenvalue weighted by atomic mass is 32.1. The van der Waals surface area contributed by atoms with Crippen molar-refractivity contribution in [1.82, 2.24) is 5.32 Å². The molecule has 0 bridgehead atoms. The summed E-state index contributed by atoms with van der Waals surface area (Å²) in [5.41, 5.74) is 2.76. The van der Waals surface area contributed by atoms with Crippen molar-refractivity contribution in [2.24, 2.45) is 0 Å². The Morgan fingerprint density at radius 3 is 2.89 bits per heavy atom. The van der Waals surface area contributed by atoms with Crippen molar-refractivity contribution in [2.75, 3.05) is 0 Å². The second-order valence-corrected chi connectivity index (χ2v) is 6.00. The van der Waals surface area contributed by atoms with Crippen molar-refractivity contribution in [3.8, 4) is 0 Å². The van der Waals surface area contributed by atoms with Crippen molar-refractivity contribution >= 4 is 17.1 Å². The number of hydrogen-bond acceptors (Lipinski definition) is 3. The predicted molar refractivity (Wildman–Crippen MR) is 78.4 cm³/mol. The normalized spacial score (nSPS) is 19.1. The number of nitrogens with one attached hydrogen (secondary N) is 1. The summed E-state index contributed by atoms with van der Waals surface area (Å²) in [7, 11) is 0. The van der Waals surface area contributed by atoms with Gasteiger partial charge in [0.15, 0.2) is 5.78 Å². The third kappa shape index (κ3) is 2.48. The maximum Gasteiger partial charge on any atom is 0.152 e. The molecule has 2 atom stereocenters. The van der Waals surface area contributed by atoms with Crippen molar-refractivity contribution in [3.63, 3.8) is 0 Å². The molecule has 1 aromatic heterocycles. The van der Waals surface area contributed by atoms with Gasteiger partial charge in [0.2, 0.25) is 0 Å². The smallest absolute Gasteiger partial charge is 0.152 e. The van der Waals surface area contributed by atoms with Crippen LogP contribution in [0.25, 0.3) is 0 Å². The van der Waals surface area contributed by atoms with Crippen LogP contribution in [0.15, 0.2) is 41.8 Å². The van der Waals surface area contributed by atoms with Gasteiger partial charge in [0.25, 0.3) is 0 Å². The van der Waals surface area contributed by atoms with Crippen LogP contribution in [0.1, 0.15) is 41.4 Å². The van der Waals surface area contributed by atoms with Crippen molar-refractivity contribution < 1.29 is 4.79 Å². The molecule has 0 radical (unpaired) electrons. The first kappa shape index (κ1) is 12.6. The number of carbonyl (C=O) groups excluding carboxylic acids is 1. The van der Waals surface area contributed by atoms with E-state index in [1.807, 2.05) is 17.5 Å². The summed E-state index contributed by atoms with van der Waals surface area (Å²) in [5.74, 6) is 0.187. The number of carbonyl (C=O) groups is 1. The van der Waals surface area contributed by atoms with Crippen molar-refractivity contribution in [3.05, 3.63) is 57.8 Å². The molecule has 0 aliphatic heterocycles. The Hall–Kier alpha value is -1.45. The van der Waals surface area contributed by atoms with Gasteiger partial charge in [-0.3, -0.25) is 10.1 Å². The summed E-state index contributed by atoms with van der Waals surface area (Å²) in [6.45, 7) is 1.66. The van der Waals surface area contributed by atoms with Crippen molar-refractivity contribution in [1.29, 1.82) is 0 Å². The molecular formula is C16H17NOS. The van der Waals surface area contributed by atoms with E-state index in [4.69, 9.17) is 0 Å². The second-order valence-electron chi connectivity index (χ2n) is 5.02. The lowest BCUT2D eigenvalue weighted by Crippen LogP contribution is -2.29. The molecule has 2 aromatic rings. The zero-order valence-corrected chi connectivity index (χ0v) is 11.7. The predicted octanol–water partition coefficient (Wildman–Crippen LogP) is 3.66. The van der Waals surface area contributed by atoms with Crippen LogP contribution in [0.3, 0.4) is 0 Å². The van der Waals surface area contributed by atoms with E-state index in [9.17, 15) is 4.79 Å². The molecule has 2 nitrogen and oxygen atoms in total. The number of fused-ring (bicyclic) bond motifs is 1. The number of hydrogen-bond donors (Lipinski definition) is 1. The van der Waals surface area contributed by atoms with Crippen LogP contribution in [0, 0.1) is 0 Å². The monoisotopic (exact) mass is 271 g/mol. The molecule has 3 heteroatoms. The highest BCUT2D eigenvalue weighted by Crippen LogP contribution is 2.33. The van der Waals surface area contributed by atoms with Gasteiger partial charge in [-0.25, -0.2) is 0 Å². The Balaban J connectivity index is 1.83. The Labute approximate surface area is 117 Å². The minimum Gasteiger partial charge on any atom is -0.298 e. The Bertz CT molecular complexity index is 576. The summed E-state index contributed by atoms with van der Waals surface area (Å²) in [5, 5.41) is 5.56. The van der Waals surface area contributed by atoms with Crippen LogP contribution >= 0.6 is 11.3 Å². The Kier molecular flexibility index (Phi) is 3.49. The van der Waals surface area contributed by atoms with E-state index in [0.717, 1.165) is 17.7 Å². The quantitative estimate of drug-likeness (QED) is 0.919. The zero-order valence-electron chi connectivity index (χ0n) is 10.9. The number of benzene rings is 1. The molecule has 0 saturated carbocycles. The van der Waals surface area contributed by atoms with Crippen LogP contribution in [-0.4, -0.2) is 5.78 Å². The van der Waals surface area contributed by atoms with Gasteiger partial charge in [0.1, 0.15) is 6.04 Å². The maximum atomic E-state index is 11.9. The first-order valence-corrected chi connectivity index (χ1v) is 7.51. The van der Waals surface area contributed by atoms with Crippen LogP contribution in [0.2, 0.25) is 0 Å². The van der Waals surface area contributed by atoms with Crippen LogP contribution in [0.5, 0.6) is 0 Å². The van der Waals surface area contributed by atoms with E-state index in [0.29, 0.717) is 6.04 Å². The summed E-state index contributed by atoms with van der Waals surface area (Å²) in [6, 6.07) is 12.7. The fourth-order valence-electron chi connectivity index (χ4n) is 2.79. The molecule has 3 rings (SSSR count). The van der Waals surface area contributed by atoms with Gasteiger partial charge < -0.3 is 0 Å². The molecule has 19 heavy (non-hydrogen) atoms. The van der Waals surface area contributed by atoms with Gasteiger partial charge in [-0.1, -0.05) is 30.3 Å². The summed E-state index contributed by atoms with van der Waals surface area (Å²) >= 11 is 1.64. The summed E-state index contributed by atoms with van der Waals surface area (Å²) < 4.78 is 0. The maximum absolute atomic E-state index is 11.9. The SMILES string of the molecule is CC(=O)[C@H](N[C@H]1CCc2ccccc21)c1cccs1. The van der Waals surface area contributed by atoms with Gasteiger partial charge >= 0.3 is 0 Å². The van der Waals surface area contributed by atoms with Crippen LogP contribution < -0.4 is 5.32 Å². The van der Waals surface area contributed by atoms with Crippen LogP contribution in [-0.2, 0) is 11.2 Å². The average molecular weight is 271 g/mol.